The van der Waals surface area contributed by atoms with Gasteiger partial charge < -0.3 is 29.7 Å². The Bertz CT molecular complexity index is 1390. The van der Waals surface area contributed by atoms with Gasteiger partial charge in [0.1, 0.15) is 23.8 Å². The number of likely N-dealkylation sites (tertiary alicyclic amines) is 1. The summed E-state index contributed by atoms with van der Waals surface area (Å²) in [4.78, 5) is 18.1. The fraction of sp³-hybridized carbons (Fsp3) is 0.485. The summed E-state index contributed by atoms with van der Waals surface area (Å²) in [6.45, 7) is 5.20. The first-order chi connectivity index (χ1) is 20.4. The molecule has 2 N–H and O–H groups in total. The first-order valence-electron chi connectivity index (χ1n) is 15.1. The van der Waals surface area contributed by atoms with E-state index in [0.717, 1.165) is 68.2 Å². The first kappa shape index (κ1) is 29.2. The summed E-state index contributed by atoms with van der Waals surface area (Å²) in [6, 6.07) is 15.7. The second-order valence-electron chi connectivity index (χ2n) is 11.8. The Labute approximate surface area is 251 Å². The molecule has 0 radical (unpaired) electrons. The fourth-order valence-corrected chi connectivity index (χ4v) is 6.61. The van der Waals surface area contributed by atoms with Crippen molar-refractivity contribution in [2.45, 2.75) is 50.4 Å². The summed E-state index contributed by atoms with van der Waals surface area (Å²) in [5, 5.41) is 17.0. The largest absolute Gasteiger partial charge is 0.489 e. The molecule has 3 saturated heterocycles. The molecule has 3 heterocycles. The lowest BCUT2D eigenvalue weighted by molar-refractivity contribution is -0.126. The topological polar surface area (TPSA) is 74.3 Å². The minimum atomic E-state index is -0.914. The minimum Gasteiger partial charge on any atom is -0.489 e. The quantitative estimate of drug-likeness (QED) is 0.348. The van der Waals surface area contributed by atoms with Crippen molar-refractivity contribution in [1.82, 2.24) is 10.2 Å². The number of ether oxygens (including phenoxy) is 2. The molecule has 9 heteroatoms. The van der Waals surface area contributed by atoms with Crippen molar-refractivity contribution < 1.29 is 23.8 Å². The van der Waals surface area contributed by atoms with E-state index < -0.39 is 12.1 Å². The summed E-state index contributed by atoms with van der Waals surface area (Å²) in [6.07, 6.45) is 3.77. The van der Waals surface area contributed by atoms with Gasteiger partial charge in [0.25, 0.3) is 0 Å². The summed E-state index contributed by atoms with van der Waals surface area (Å²) in [7, 11) is 0. The van der Waals surface area contributed by atoms with Crippen LogP contribution in [0.25, 0.3) is 10.8 Å². The number of nitrogens with one attached hydrogen (secondary N) is 1. The van der Waals surface area contributed by atoms with Crippen LogP contribution in [0.3, 0.4) is 0 Å². The number of carbonyl (C=O) groups excluding carboxylic acids is 1. The molecular formula is C33H39ClFN3O4. The van der Waals surface area contributed by atoms with Crippen molar-refractivity contribution >= 4 is 34.0 Å². The zero-order chi connectivity index (χ0) is 29.1. The van der Waals surface area contributed by atoms with Crippen molar-refractivity contribution in [1.29, 1.82) is 0 Å². The van der Waals surface area contributed by atoms with Gasteiger partial charge in [-0.15, -0.1) is 0 Å². The molecular weight excluding hydrogens is 557 g/mol. The first-order valence-corrected chi connectivity index (χ1v) is 15.5. The highest BCUT2D eigenvalue weighted by Crippen LogP contribution is 2.32. The van der Waals surface area contributed by atoms with Crippen molar-refractivity contribution in [3.8, 4) is 5.75 Å². The van der Waals surface area contributed by atoms with E-state index in [0.29, 0.717) is 42.6 Å². The van der Waals surface area contributed by atoms with E-state index in [2.05, 4.69) is 15.1 Å². The highest BCUT2D eigenvalue weighted by molar-refractivity contribution is 6.32. The SMILES string of the molecule is O=C(N[C@H](CN1CCCC1)[C@H](O)c1ccc(OC2CCOCC2)c(Cl)c1)[C@H]1CCN(c2ccc3cc(F)ccc3c2)C1. The van der Waals surface area contributed by atoms with Gasteiger partial charge in [0.15, 0.2) is 0 Å². The number of benzene rings is 3. The number of rotatable bonds is 9. The molecule has 224 valence electrons. The molecule has 6 rings (SSSR count). The van der Waals surface area contributed by atoms with Crippen LogP contribution in [-0.4, -0.2) is 74.0 Å². The molecule has 0 unspecified atom stereocenters. The normalized spacial score (nSPS) is 21.5. The van der Waals surface area contributed by atoms with Gasteiger partial charge in [-0.25, -0.2) is 4.39 Å². The van der Waals surface area contributed by atoms with Gasteiger partial charge in [-0.2, -0.15) is 0 Å². The van der Waals surface area contributed by atoms with E-state index in [9.17, 15) is 14.3 Å². The summed E-state index contributed by atoms with van der Waals surface area (Å²) in [5.41, 5.74) is 1.68. The van der Waals surface area contributed by atoms with Crippen LogP contribution >= 0.6 is 11.6 Å². The number of aliphatic hydroxyl groups is 1. The summed E-state index contributed by atoms with van der Waals surface area (Å²) < 4.78 is 25.1. The Kier molecular flexibility index (Phi) is 9.14. The number of nitrogens with zero attached hydrogens (tertiary/aromatic N) is 2. The average molecular weight is 596 g/mol. The number of hydrogen-bond donors (Lipinski definition) is 2. The van der Waals surface area contributed by atoms with Gasteiger partial charge in [0.05, 0.1) is 30.2 Å². The van der Waals surface area contributed by atoms with Crippen LogP contribution in [0, 0.1) is 11.7 Å². The number of carbonyl (C=O) groups is 1. The fourth-order valence-electron chi connectivity index (χ4n) is 6.38. The maximum Gasteiger partial charge on any atom is 0.225 e. The molecule has 3 aliphatic rings. The third kappa shape index (κ3) is 6.83. The Balaban J connectivity index is 1.12. The zero-order valence-electron chi connectivity index (χ0n) is 23.8. The molecule has 3 atom stereocenters. The van der Waals surface area contributed by atoms with Gasteiger partial charge in [-0.3, -0.25) is 4.79 Å². The molecule has 3 aliphatic heterocycles. The predicted octanol–water partition coefficient (Wildman–Crippen LogP) is 5.33. The van der Waals surface area contributed by atoms with Crippen LogP contribution in [0.2, 0.25) is 5.02 Å². The molecule has 0 aromatic heterocycles. The van der Waals surface area contributed by atoms with Gasteiger partial charge in [-0.05, 0) is 85.1 Å². The number of aliphatic hydroxyl groups excluding tert-OH is 1. The Morgan fingerprint density at radius 1 is 1.02 bits per heavy atom. The smallest absolute Gasteiger partial charge is 0.225 e. The van der Waals surface area contributed by atoms with Crippen molar-refractivity contribution in [2.75, 3.05) is 50.8 Å². The van der Waals surface area contributed by atoms with E-state index in [-0.39, 0.29) is 23.7 Å². The molecule has 3 fully saturated rings. The highest BCUT2D eigenvalue weighted by Gasteiger charge is 2.33. The maximum atomic E-state index is 13.6. The van der Waals surface area contributed by atoms with Crippen LogP contribution in [0.15, 0.2) is 54.6 Å². The van der Waals surface area contributed by atoms with Crippen molar-refractivity contribution in [2.24, 2.45) is 5.92 Å². The molecule has 42 heavy (non-hydrogen) atoms. The van der Waals surface area contributed by atoms with Crippen LogP contribution in [-0.2, 0) is 9.53 Å². The number of halogens is 2. The number of amides is 1. The molecule has 1 amide bonds. The van der Waals surface area contributed by atoms with E-state index in [1.807, 2.05) is 30.3 Å². The Morgan fingerprint density at radius 2 is 1.79 bits per heavy atom. The van der Waals surface area contributed by atoms with Crippen LogP contribution in [0.4, 0.5) is 10.1 Å². The molecule has 7 nitrogen and oxygen atoms in total. The van der Waals surface area contributed by atoms with Crippen LogP contribution < -0.4 is 15.0 Å². The second-order valence-corrected chi connectivity index (χ2v) is 12.2. The lowest BCUT2D eigenvalue weighted by atomic mass is 9.99. The molecule has 3 aromatic rings. The third-order valence-corrected chi connectivity index (χ3v) is 9.13. The monoisotopic (exact) mass is 595 g/mol. The van der Waals surface area contributed by atoms with Gasteiger partial charge >= 0.3 is 0 Å². The van der Waals surface area contributed by atoms with E-state index in [1.165, 1.54) is 12.1 Å². The lowest BCUT2D eigenvalue weighted by Gasteiger charge is -2.30. The van der Waals surface area contributed by atoms with E-state index in [1.54, 1.807) is 12.1 Å². The molecule has 0 spiro atoms. The molecule has 0 saturated carbocycles. The average Bonchev–Trinajstić information content (AvgIpc) is 3.71. The summed E-state index contributed by atoms with van der Waals surface area (Å²) in [5.74, 6) is 0.111. The zero-order valence-corrected chi connectivity index (χ0v) is 24.6. The van der Waals surface area contributed by atoms with E-state index >= 15 is 0 Å². The molecule has 0 aliphatic carbocycles. The number of fused-ring (bicyclic) bond motifs is 1. The standard InChI is InChI=1S/C33H39ClFN3O4/c34-29-19-24(5-8-31(29)42-28-10-15-41-16-11-28)32(39)30(21-37-12-1-2-13-37)36-33(40)25-9-14-38(20-25)27-7-4-22-17-26(35)6-3-23(22)18-27/h3-8,17-19,25,28,30,32,39H,1-2,9-16,20-21H2,(H,36,40)/t25-,30+,32+/m0/s1. The second kappa shape index (κ2) is 13.2. The van der Waals surface area contributed by atoms with Crippen LogP contribution in [0.5, 0.6) is 5.75 Å². The van der Waals surface area contributed by atoms with Crippen molar-refractivity contribution in [3.63, 3.8) is 0 Å². The van der Waals surface area contributed by atoms with Crippen LogP contribution in [0.1, 0.15) is 43.8 Å². The minimum absolute atomic E-state index is 0.0471. The number of anilines is 1. The third-order valence-electron chi connectivity index (χ3n) is 8.83. The van der Waals surface area contributed by atoms with Gasteiger partial charge in [0, 0.05) is 38.2 Å². The Hall–Kier alpha value is -2.91. The number of hydrogen-bond acceptors (Lipinski definition) is 6. The summed E-state index contributed by atoms with van der Waals surface area (Å²) >= 11 is 6.61. The van der Waals surface area contributed by atoms with E-state index in [4.69, 9.17) is 21.1 Å². The van der Waals surface area contributed by atoms with Gasteiger partial charge in [-0.1, -0.05) is 29.8 Å². The highest BCUT2D eigenvalue weighted by atomic mass is 35.5. The van der Waals surface area contributed by atoms with Crippen molar-refractivity contribution in [3.05, 3.63) is 71.0 Å². The molecule has 3 aromatic carbocycles. The predicted molar refractivity (Wildman–Crippen MR) is 163 cm³/mol. The Morgan fingerprint density at radius 3 is 2.57 bits per heavy atom. The maximum absolute atomic E-state index is 13.6. The van der Waals surface area contributed by atoms with Gasteiger partial charge in [0.2, 0.25) is 5.91 Å². The lowest BCUT2D eigenvalue weighted by Crippen LogP contribution is -2.48. The molecule has 0 bridgehead atoms.